The zero-order chi connectivity index (χ0) is 48.5. The number of benzene rings is 1. The van der Waals surface area contributed by atoms with Crippen LogP contribution in [-0.2, 0) is 56.2 Å². The van der Waals surface area contributed by atoms with E-state index in [9.17, 15) is 32.4 Å². The molecule has 67 heavy (non-hydrogen) atoms. The van der Waals surface area contributed by atoms with Crippen LogP contribution in [0.15, 0.2) is 49.2 Å². The first-order valence-corrected chi connectivity index (χ1v) is 25.3. The number of methoxy groups -OCH3 is 1. The summed E-state index contributed by atoms with van der Waals surface area (Å²) in [6, 6.07) is 6.90. The van der Waals surface area contributed by atoms with Gasteiger partial charge in [-0.1, -0.05) is 34.3 Å². The zero-order valence-corrected chi connectivity index (χ0v) is 41.1. The number of hydrogen-bond donors (Lipinski definition) is 2. The highest BCUT2D eigenvalue weighted by Crippen LogP contribution is 2.42. The Bertz CT molecular complexity index is 2510. The maximum absolute atomic E-state index is 14.8. The number of hydrazine groups is 1. The molecule has 0 spiro atoms. The van der Waals surface area contributed by atoms with Gasteiger partial charge in [0.1, 0.15) is 18.1 Å². The van der Waals surface area contributed by atoms with E-state index in [4.69, 9.17) is 14.5 Å². The second kappa shape index (κ2) is 20.1. The summed E-state index contributed by atoms with van der Waals surface area (Å²) in [5.41, 5.74) is 8.02. The van der Waals surface area contributed by atoms with E-state index in [2.05, 4.69) is 60.9 Å². The van der Waals surface area contributed by atoms with E-state index >= 15 is 0 Å². The molecule has 2 N–H and O–H groups in total. The molecule has 6 bridgehead atoms. The van der Waals surface area contributed by atoms with Gasteiger partial charge in [-0.15, -0.1) is 0 Å². The molecule has 3 fully saturated rings. The topological polar surface area (TPSA) is 193 Å². The molecule has 0 aliphatic carbocycles. The predicted molar refractivity (Wildman–Crippen MR) is 255 cm³/mol. The number of rotatable bonds is 10. The van der Waals surface area contributed by atoms with Crippen LogP contribution in [0.1, 0.15) is 84.6 Å². The number of nitrogens with one attached hydrogen (secondary N) is 2. The lowest BCUT2D eigenvalue weighted by atomic mass is 9.84. The Morgan fingerprint density at radius 3 is 2.57 bits per heavy atom. The Morgan fingerprint density at radius 2 is 1.87 bits per heavy atom. The average molecular weight is 945 g/mol. The molecule has 17 nitrogen and oxygen atoms in total. The van der Waals surface area contributed by atoms with Crippen molar-refractivity contribution < 1.29 is 41.9 Å². The molecule has 2 unspecified atom stereocenters. The molecular formula is C49H68N8O9S. The van der Waals surface area contributed by atoms with Crippen LogP contribution in [0.3, 0.4) is 0 Å². The van der Waals surface area contributed by atoms with Crippen molar-refractivity contribution in [1.29, 1.82) is 0 Å². The number of amides is 4. The minimum absolute atomic E-state index is 0.0593. The van der Waals surface area contributed by atoms with Crippen molar-refractivity contribution in [2.45, 2.75) is 110 Å². The van der Waals surface area contributed by atoms with Gasteiger partial charge in [0.25, 0.3) is 5.91 Å². The number of aryl methyl sites for hydroxylation is 1. The predicted octanol–water partition coefficient (Wildman–Crippen LogP) is 4.05. The van der Waals surface area contributed by atoms with Crippen molar-refractivity contribution in [1.82, 2.24) is 35.1 Å². The number of esters is 1. The molecule has 0 saturated carbocycles. The van der Waals surface area contributed by atoms with Crippen molar-refractivity contribution in [3.8, 4) is 11.3 Å². The minimum Gasteiger partial charge on any atom is -0.464 e. The van der Waals surface area contributed by atoms with E-state index in [-0.39, 0.29) is 62.9 Å². The number of likely N-dealkylation sites (N-methyl/N-ethyl adjacent to an activating group) is 1. The first-order valence-electron chi connectivity index (χ1n) is 23.6. The SMILES string of the molecule is C=CC(=O)N1CC[C@H](C(=O)N(C)[C@H](C(=O)NC2CC3CN(CCS3(=O)=O)c3ccc4c(c3)c(c(-c3cccnc3[C@H](C)OC)n4CC)CC(C)(C)COC(=O)[C@@H]3CCCN(N3)C2=O)C(C)C)C1. The highest BCUT2D eigenvalue weighted by atomic mass is 32.2. The molecule has 7 rings (SSSR count). The van der Waals surface area contributed by atoms with Crippen LogP contribution in [0.2, 0.25) is 0 Å². The quantitative estimate of drug-likeness (QED) is 0.219. The Labute approximate surface area is 394 Å². The molecule has 4 aliphatic heterocycles. The third kappa shape index (κ3) is 10.3. The third-order valence-electron chi connectivity index (χ3n) is 14.0. The number of hydrogen-bond acceptors (Lipinski definition) is 12. The number of pyridine rings is 1. The maximum Gasteiger partial charge on any atom is 0.324 e. The van der Waals surface area contributed by atoms with E-state index in [0.29, 0.717) is 38.8 Å². The molecule has 2 aromatic heterocycles. The normalized spacial score (nSPS) is 24.2. The Kier molecular flexibility index (Phi) is 14.9. The number of cyclic esters (lactones) is 1. The number of sulfone groups is 1. The molecule has 4 aliphatic rings. The van der Waals surface area contributed by atoms with Gasteiger partial charge >= 0.3 is 5.97 Å². The van der Waals surface area contributed by atoms with Gasteiger partial charge in [-0.05, 0) is 93.8 Å². The van der Waals surface area contributed by atoms with Crippen LogP contribution >= 0.6 is 0 Å². The maximum atomic E-state index is 14.8. The fourth-order valence-corrected chi connectivity index (χ4v) is 12.1. The zero-order valence-electron chi connectivity index (χ0n) is 40.2. The molecular weight excluding hydrogens is 877 g/mol. The Balaban J connectivity index is 1.28. The molecule has 3 saturated heterocycles. The van der Waals surface area contributed by atoms with E-state index in [1.165, 1.54) is 16.0 Å². The monoisotopic (exact) mass is 944 g/mol. The van der Waals surface area contributed by atoms with E-state index < -0.39 is 68.2 Å². The molecule has 3 aromatic rings. The van der Waals surface area contributed by atoms with Crippen LogP contribution in [0.25, 0.3) is 22.2 Å². The molecule has 6 atom stereocenters. The van der Waals surface area contributed by atoms with Gasteiger partial charge in [0.05, 0.1) is 41.0 Å². The summed E-state index contributed by atoms with van der Waals surface area (Å²) in [7, 11) is -0.585. The molecule has 0 radical (unpaired) electrons. The number of nitrogens with zero attached hydrogens (tertiary/aromatic N) is 6. The molecule has 4 amide bonds. The summed E-state index contributed by atoms with van der Waals surface area (Å²) in [5.74, 6) is -3.44. The van der Waals surface area contributed by atoms with Crippen molar-refractivity contribution in [2.75, 3.05) is 64.1 Å². The lowest BCUT2D eigenvalue weighted by molar-refractivity contribution is -0.155. The molecule has 18 heteroatoms. The highest BCUT2D eigenvalue weighted by molar-refractivity contribution is 7.92. The molecule has 364 valence electrons. The van der Waals surface area contributed by atoms with E-state index in [1.54, 1.807) is 39.1 Å². The van der Waals surface area contributed by atoms with Crippen molar-refractivity contribution in [3.05, 3.63) is 60.4 Å². The number of carbonyl (C=O) groups is 5. The van der Waals surface area contributed by atoms with Gasteiger partial charge in [-0.25, -0.2) is 13.8 Å². The van der Waals surface area contributed by atoms with Crippen LogP contribution in [0, 0.1) is 17.3 Å². The van der Waals surface area contributed by atoms with Crippen LogP contribution in [0.4, 0.5) is 5.69 Å². The second-order valence-corrected chi connectivity index (χ2v) is 22.1. The highest BCUT2D eigenvalue weighted by Gasteiger charge is 2.43. The first-order chi connectivity index (χ1) is 31.8. The smallest absolute Gasteiger partial charge is 0.324 e. The standard InChI is InChI=1S/C49H68N8O9S/c1-10-41(58)55-21-18-32(27-55)46(60)53(8)43(30(3)4)45(59)51-39-25-34-28-54(22-23-67(34,63)64)33-16-17-40-36(24-33)37(44(56(40)11-2)35-14-12-19-50-42(35)31(5)65-9)26-49(6,7)29-66-48(62)38-15-13-20-57(52-38)47(39)61/h10,12,14,16-17,19,24,30-32,34,38-39,43,52H,1,11,13,15,18,20-23,25-29H2,2-9H3,(H,51,59)/t31-,32-,34?,38-,39?,43-/m0/s1. The van der Waals surface area contributed by atoms with E-state index in [0.717, 1.165) is 39.1 Å². The summed E-state index contributed by atoms with van der Waals surface area (Å²) in [6.07, 6.45) is 4.20. The number of fused-ring (bicyclic) bond motifs is 6. The van der Waals surface area contributed by atoms with Crippen molar-refractivity contribution >= 4 is 56.0 Å². The van der Waals surface area contributed by atoms with Crippen LogP contribution < -0.4 is 15.6 Å². The summed E-state index contributed by atoms with van der Waals surface area (Å²) >= 11 is 0. The number of aromatic nitrogens is 2. The van der Waals surface area contributed by atoms with E-state index in [1.807, 2.05) is 24.0 Å². The van der Waals surface area contributed by atoms with Gasteiger partial charge in [0.15, 0.2) is 9.84 Å². The second-order valence-electron chi connectivity index (χ2n) is 19.7. The number of anilines is 1. The Hall–Kier alpha value is -5.33. The molecule has 1 aromatic carbocycles. The third-order valence-corrected chi connectivity index (χ3v) is 16.2. The van der Waals surface area contributed by atoms with Crippen molar-refractivity contribution in [3.63, 3.8) is 0 Å². The van der Waals surface area contributed by atoms with Gasteiger partial charge in [0.2, 0.25) is 17.7 Å². The number of likely N-dealkylation sites (tertiary alicyclic amines) is 1. The van der Waals surface area contributed by atoms with Gasteiger partial charge in [0, 0.05) is 87.2 Å². The fourth-order valence-electron chi connectivity index (χ4n) is 10.4. The summed E-state index contributed by atoms with van der Waals surface area (Å²) in [5, 5.41) is 4.12. The number of ether oxygens (including phenoxy) is 2. The fraction of sp³-hybridized carbons (Fsp3) is 0.592. The van der Waals surface area contributed by atoms with Crippen LogP contribution in [0.5, 0.6) is 0 Å². The lowest BCUT2D eigenvalue weighted by Gasteiger charge is -2.39. The first kappa shape index (κ1) is 49.6. The van der Waals surface area contributed by atoms with Gasteiger partial charge < -0.3 is 34.1 Å². The Morgan fingerprint density at radius 1 is 1.10 bits per heavy atom. The van der Waals surface area contributed by atoms with Gasteiger partial charge in [-0.3, -0.25) is 34.0 Å². The lowest BCUT2D eigenvalue weighted by Crippen LogP contribution is -2.63. The van der Waals surface area contributed by atoms with Crippen molar-refractivity contribution in [2.24, 2.45) is 17.3 Å². The van der Waals surface area contributed by atoms with Gasteiger partial charge in [-0.2, -0.15) is 0 Å². The summed E-state index contributed by atoms with van der Waals surface area (Å²) < 4.78 is 42.4. The largest absolute Gasteiger partial charge is 0.464 e. The van der Waals surface area contributed by atoms with Crippen LogP contribution in [-0.4, -0.2) is 145 Å². The molecule has 6 heterocycles. The number of carbonyl (C=O) groups excluding carboxylic acids is 5. The summed E-state index contributed by atoms with van der Waals surface area (Å²) in [4.78, 5) is 79.2. The minimum atomic E-state index is -3.78. The summed E-state index contributed by atoms with van der Waals surface area (Å²) in [6.45, 7) is 17.1. The average Bonchev–Trinajstić information content (AvgIpc) is 3.92.